The van der Waals surface area contributed by atoms with Gasteiger partial charge in [0.15, 0.2) is 0 Å². The summed E-state index contributed by atoms with van der Waals surface area (Å²) in [5.41, 5.74) is 1.17. The fourth-order valence-corrected chi connectivity index (χ4v) is 5.56. The number of halogens is 1. The number of carbonyl (C=O) groups excluding carboxylic acids is 1. The monoisotopic (exact) mass is 392 g/mol. The van der Waals surface area contributed by atoms with Gasteiger partial charge in [-0.2, -0.15) is 0 Å². The van der Waals surface area contributed by atoms with Crippen molar-refractivity contribution in [2.24, 2.45) is 0 Å². The number of nitrogens with zero attached hydrogens (tertiary/aromatic N) is 2. The van der Waals surface area contributed by atoms with E-state index in [9.17, 15) is 4.79 Å². The lowest BCUT2D eigenvalue weighted by Crippen LogP contribution is -2.53. The molecule has 0 radical (unpaired) electrons. The van der Waals surface area contributed by atoms with E-state index < -0.39 is 0 Å². The molecule has 26 heavy (non-hydrogen) atoms. The van der Waals surface area contributed by atoms with Crippen LogP contribution in [-0.2, 0) is 11.2 Å². The average Bonchev–Trinajstić information content (AvgIpc) is 3.33. The lowest BCUT2D eigenvalue weighted by atomic mass is 9.88. The largest absolute Gasteiger partial charge is 0.341 e. The number of rotatable bonds is 4. The average molecular weight is 393 g/mol. The lowest BCUT2D eigenvalue weighted by molar-refractivity contribution is -0.133. The Balaban J connectivity index is 0.00000196. The molecular weight excluding hydrogens is 364 g/mol. The highest BCUT2D eigenvalue weighted by molar-refractivity contribution is 7.17. The van der Waals surface area contributed by atoms with Crippen LogP contribution in [0.15, 0.2) is 29.6 Å². The molecular formula is C21H29ClN2OS. The predicted molar refractivity (Wildman–Crippen MR) is 112 cm³/mol. The molecule has 2 aromatic rings. The second-order valence-corrected chi connectivity index (χ2v) is 8.54. The lowest BCUT2D eigenvalue weighted by Gasteiger charge is -2.42. The van der Waals surface area contributed by atoms with Crippen molar-refractivity contribution in [3.05, 3.63) is 35.2 Å². The van der Waals surface area contributed by atoms with E-state index in [1.165, 1.54) is 60.8 Å². The van der Waals surface area contributed by atoms with Crippen LogP contribution in [0.3, 0.4) is 0 Å². The van der Waals surface area contributed by atoms with Gasteiger partial charge in [0.25, 0.3) is 0 Å². The number of benzene rings is 1. The van der Waals surface area contributed by atoms with Crippen LogP contribution in [0.4, 0.5) is 0 Å². The third kappa shape index (κ3) is 3.92. The summed E-state index contributed by atoms with van der Waals surface area (Å²) in [6, 6.07) is 9.44. The Hall–Kier alpha value is -1.10. The highest BCUT2D eigenvalue weighted by Crippen LogP contribution is 2.30. The van der Waals surface area contributed by atoms with Gasteiger partial charge in [0.05, 0.1) is 6.42 Å². The molecule has 2 atom stereocenters. The highest BCUT2D eigenvalue weighted by Gasteiger charge is 2.35. The molecule has 3 nitrogen and oxygen atoms in total. The van der Waals surface area contributed by atoms with Crippen molar-refractivity contribution in [3.63, 3.8) is 0 Å². The van der Waals surface area contributed by atoms with Gasteiger partial charge in [-0.1, -0.05) is 25.0 Å². The van der Waals surface area contributed by atoms with Gasteiger partial charge < -0.3 is 4.90 Å². The Morgan fingerprint density at radius 3 is 2.73 bits per heavy atom. The zero-order chi connectivity index (χ0) is 17.2. The molecule has 1 amide bonds. The van der Waals surface area contributed by atoms with E-state index >= 15 is 0 Å². The maximum absolute atomic E-state index is 13.0. The molecule has 2 heterocycles. The van der Waals surface area contributed by atoms with Crippen LogP contribution in [0.1, 0.15) is 44.1 Å². The van der Waals surface area contributed by atoms with Crippen LogP contribution < -0.4 is 0 Å². The van der Waals surface area contributed by atoms with Gasteiger partial charge in [-0.3, -0.25) is 9.69 Å². The molecule has 142 valence electrons. The summed E-state index contributed by atoms with van der Waals surface area (Å²) in [6.07, 6.45) is 8.14. The number of thiophene rings is 1. The molecule has 1 aliphatic heterocycles. The number of hydrogen-bond donors (Lipinski definition) is 0. The van der Waals surface area contributed by atoms with Crippen molar-refractivity contribution in [1.29, 1.82) is 0 Å². The van der Waals surface area contributed by atoms with E-state index in [4.69, 9.17) is 0 Å². The number of fused-ring (bicyclic) bond motifs is 1. The van der Waals surface area contributed by atoms with Gasteiger partial charge in [0, 0.05) is 23.8 Å². The fraction of sp³-hybridized carbons (Fsp3) is 0.571. The Morgan fingerprint density at radius 2 is 1.92 bits per heavy atom. The van der Waals surface area contributed by atoms with E-state index in [0.29, 0.717) is 18.5 Å². The second kappa shape index (κ2) is 8.73. The summed E-state index contributed by atoms with van der Waals surface area (Å²) >= 11 is 1.75. The molecule has 1 aliphatic carbocycles. The van der Waals surface area contributed by atoms with Gasteiger partial charge in [-0.05, 0) is 67.2 Å². The summed E-state index contributed by atoms with van der Waals surface area (Å²) in [5, 5.41) is 3.36. The summed E-state index contributed by atoms with van der Waals surface area (Å²) in [6.45, 7) is 2.44. The van der Waals surface area contributed by atoms with Crippen molar-refractivity contribution in [3.8, 4) is 0 Å². The van der Waals surface area contributed by atoms with Crippen molar-refractivity contribution in [2.75, 3.05) is 20.1 Å². The number of amides is 1. The Bertz CT molecular complexity index is 740. The third-order valence-corrected chi connectivity index (χ3v) is 7.00. The fourth-order valence-electron chi connectivity index (χ4n) is 4.73. The minimum atomic E-state index is 0. The van der Waals surface area contributed by atoms with Crippen molar-refractivity contribution < 1.29 is 4.79 Å². The van der Waals surface area contributed by atoms with Crippen LogP contribution >= 0.6 is 23.7 Å². The molecule has 0 bridgehead atoms. The molecule has 2 aliphatic rings. The van der Waals surface area contributed by atoms with E-state index in [-0.39, 0.29) is 18.3 Å². The van der Waals surface area contributed by atoms with E-state index in [1.54, 1.807) is 11.3 Å². The van der Waals surface area contributed by atoms with E-state index in [2.05, 4.69) is 39.4 Å². The molecule has 1 aromatic heterocycles. The Morgan fingerprint density at radius 1 is 1.15 bits per heavy atom. The molecule has 1 saturated carbocycles. The van der Waals surface area contributed by atoms with Gasteiger partial charge >= 0.3 is 0 Å². The SMILES string of the molecule is CN(C(=O)Cc1cccc2sccc12)[C@H]1CCCC[C@@H]1N1CCCC1.Cl. The minimum Gasteiger partial charge on any atom is -0.341 e. The van der Waals surface area contributed by atoms with Gasteiger partial charge in [0.2, 0.25) is 5.91 Å². The minimum absolute atomic E-state index is 0. The number of likely N-dealkylation sites (tertiary alicyclic amines) is 1. The van der Waals surface area contributed by atoms with Crippen LogP contribution in [0.2, 0.25) is 0 Å². The molecule has 0 spiro atoms. The summed E-state index contributed by atoms with van der Waals surface area (Å²) in [7, 11) is 2.04. The van der Waals surface area contributed by atoms with Crippen molar-refractivity contribution in [1.82, 2.24) is 9.80 Å². The van der Waals surface area contributed by atoms with Gasteiger partial charge in [0.1, 0.15) is 0 Å². The van der Waals surface area contributed by atoms with Crippen LogP contribution in [0.5, 0.6) is 0 Å². The van der Waals surface area contributed by atoms with Crippen LogP contribution in [0, 0.1) is 0 Å². The van der Waals surface area contributed by atoms with Crippen molar-refractivity contribution in [2.45, 2.75) is 57.0 Å². The normalized spacial score (nSPS) is 23.7. The standard InChI is InChI=1S/C21H28N2OS.ClH/c1-22(18-8-2-3-9-19(18)23-12-4-5-13-23)21(24)15-16-7-6-10-20-17(16)11-14-25-20;/h6-7,10-11,14,18-19H,2-5,8-9,12-13,15H2,1H3;1H/t18-,19-;/m0./s1. The van der Waals surface area contributed by atoms with Crippen LogP contribution in [0.25, 0.3) is 10.1 Å². The third-order valence-electron chi connectivity index (χ3n) is 6.12. The maximum Gasteiger partial charge on any atom is 0.227 e. The molecule has 0 N–H and O–H groups in total. The quantitative estimate of drug-likeness (QED) is 0.750. The topological polar surface area (TPSA) is 23.6 Å². The predicted octanol–water partition coefficient (Wildman–Crippen LogP) is 4.73. The smallest absolute Gasteiger partial charge is 0.227 e. The molecule has 5 heteroatoms. The molecule has 2 fully saturated rings. The molecule has 4 rings (SSSR count). The first-order valence-corrected chi connectivity index (χ1v) is 10.6. The molecule has 0 unspecified atom stereocenters. The molecule has 1 saturated heterocycles. The van der Waals surface area contributed by atoms with Crippen molar-refractivity contribution >= 4 is 39.7 Å². The zero-order valence-corrected chi connectivity index (χ0v) is 17.2. The summed E-state index contributed by atoms with van der Waals surface area (Å²) in [4.78, 5) is 17.8. The molecule has 1 aromatic carbocycles. The second-order valence-electron chi connectivity index (χ2n) is 7.59. The number of hydrogen-bond acceptors (Lipinski definition) is 3. The summed E-state index contributed by atoms with van der Waals surface area (Å²) < 4.78 is 1.28. The Labute approximate surface area is 166 Å². The first-order chi connectivity index (χ1) is 12.2. The zero-order valence-electron chi connectivity index (χ0n) is 15.5. The van der Waals surface area contributed by atoms with Crippen LogP contribution in [-0.4, -0.2) is 47.9 Å². The highest BCUT2D eigenvalue weighted by atomic mass is 35.5. The van der Waals surface area contributed by atoms with Gasteiger partial charge in [-0.15, -0.1) is 23.7 Å². The van der Waals surface area contributed by atoms with Gasteiger partial charge in [-0.25, -0.2) is 0 Å². The number of likely N-dealkylation sites (N-methyl/N-ethyl adjacent to an activating group) is 1. The first-order valence-electron chi connectivity index (χ1n) is 9.69. The first kappa shape index (κ1) is 19.7. The maximum atomic E-state index is 13.0. The van der Waals surface area contributed by atoms with E-state index in [1.807, 2.05) is 7.05 Å². The summed E-state index contributed by atoms with van der Waals surface area (Å²) in [5.74, 6) is 0.273. The number of carbonyl (C=O) groups is 1. The van der Waals surface area contributed by atoms with E-state index in [0.717, 1.165) is 6.42 Å². The Kier molecular flexibility index (Phi) is 6.60.